The number of nitriles is 1. The molecule has 0 saturated carbocycles. The fourth-order valence-electron chi connectivity index (χ4n) is 1.06. The molecule has 17 heavy (non-hydrogen) atoms. The van der Waals surface area contributed by atoms with Crippen LogP contribution < -0.4 is 5.32 Å². The average Bonchev–Trinajstić information content (AvgIpc) is 2.30. The van der Waals surface area contributed by atoms with Crippen LogP contribution in [-0.2, 0) is 9.59 Å². The Morgan fingerprint density at radius 2 is 2.00 bits per heavy atom. The minimum Gasteiger partial charge on any atom is -0.480 e. The van der Waals surface area contributed by atoms with Gasteiger partial charge in [-0.3, -0.25) is 9.59 Å². The maximum absolute atomic E-state index is 11.6. The van der Waals surface area contributed by atoms with Gasteiger partial charge in [0.2, 0.25) is 0 Å². The summed E-state index contributed by atoms with van der Waals surface area (Å²) < 4.78 is 0. The summed E-state index contributed by atoms with van der Waals surface area (Å²) >= 11 is 0. The lowest BCUT2D eigenvalue weighted by Gasteiger charge is -2.16. The van der Waals surface area contributed by atoms with Crippen molar-refractivity contribution >= 4 is 11.9 Å². The maximum Gasteiger partial charge on any atom is 0.325 e. The van der Waals surface area contributed by atoms with E-state index in [9.17, 15) is 9.59 Å². The molecule has 0 spiro atoms. The first-order chi connectivity index (χ1) is 7.96. The topological polar surface area (TPSA) is 93.4 Å². The first-order valence-corrected chi connectivity index (χ1v) is 5.35. The molecule has 0 aliphatic carbocycles. The van der Waals surface area contributed by atoms with Gasteiger partial charge in [0.05, 0.1) is 0 Å². The number of hydrogen-bond donors (Lipinski definition) is 2. The van der Waals surface area contributed by atoms with Gasteiger partial charge in [0, 0.05) is 19.3 Å². The van der Waals surface area contributed by atoms with Gasteiger partial charge in [-0.15, -0.1) is 0 Å². The molecule has 6 nitrogen and oxygen atoms in total. The highest BCUT2D eigenvalue weighted by molar-refractivity contribution is 5.99. The second kappa shape index (κ2) is 7.28. The summed E-state index contributed by atoms with van der Waals surface area (Å²) in [6, 6.07) is 0.742. The van der Waals surface area contributed by atoms with Gasteiger partial charge < -0.3 is 15.3 Å². The van der Waals surface area contributed by atoms with Crippen LogP contribution in [0.25, 0.3) is 0 Å². The summed E-state index contributed by atoms with van der Waals surface area (Å²) in [5.41, 5.74) is -0.0956. The van der Waals surface area contributed by atoms with Crippen LogP contribution in [0.3, 0.4) is 0 Å². The zero-order chi connectivity index (χ0) is 13.4. The molecule has 0 rings (SSSR count). The molecular formula is C11H17N3O3. The summed E-state index contributed by atoms with van der Waals surface area (Å²) in [6.45, 7) is 6.47. The number of aliphatic carboxylic acids is 1. The van der Waals surface area contributed by atoms with Gasteiger partial charge in [-0.05, 0) is 20.8 Å². The quantitative estimate of drug-likeness (QED) is 0.514. The van der Waals surface area contributed by atoms with Crippen LogP contribution >= 0.6 is 0 Å². The molecule has 0 heterocycles. The number of carboxylic acids is 1. The minimum atomic E-state index is -1.14. The number of hydrogen-bond acceptors (Lipinski definition) is 4. The molecular weight excluding hydrogens is 222 g/mol. The van der Waals surface area contributed by atoms with Gasteiger partial charge in [-0.1, -0.05) is 0 Å². The maximum atomic E-state index is 11.6. The normalized spacial score (nSPS) is 12.5. The van der Waals surface area contributed by atoms with Crippen molar-refractivity contribution < 1.29 is 14.7 Å². The number of rotatable bonds is 6. The van der Waals surface area contributed by atoms with Crippen molar-refractivity contribution in [1.82, 2.24) is 10.2 Å². The molecule has 0 radical (unpaired) electrons. The van der Waals surface area contributed by atoms with Crippen LogP contribution in [0.5, 0.6) is 0 Å². The van der Waals surface area contributed by atoms with E-state index in [1.165, 1.54) is 13.1 Å². The summed E-state index contributed by atoms with van der Waals surface area (Å²) in [6.07, 6.45) is 1.43. The Hall–Kier alpha value is -2.03. The smallest absolute Gasteiger partial charge is 0.325 e. The number of carbonyl (C=O) groups is 2. The van der Waals surface area contributed by atoms with Crippen LogP contribution in [-0.4, -0.2) is 41.0 Å². The van der Waals surface area contributed by atoms with E-state index in [1.807, 2.05) is 13.8 Å². The third-order valence-corrected chi connectivity index (χ3v) is 2.21. The van der Waals surface area contributed by atoms with Crippen molar-refractivity contribution in [2.75, 3.05) is 13.1 Å². The van der Waals surface area contributed by atoms with Crippen molar-refractivity contribution in [3.63, 3.8) is 0 Å². The van der Waals surface area contributed by atoms with Gasteiger partial charge in [-0.25, -0.2) is 0 Å². The highest BCUT2D eigenvalue weighted by Gasteiger charge is 2.17. The standard InChI is InChI=1S/C11H17N3O3/c1-4-14(5-2)7-9(6-12)10(15)13-8(3)11(16)17/h7-8H,4-5H2,1-3H3,(H,13,15)(H,16,17)/b9-7-. The number of carboxylic acid groups (broad SMARTS) is 1. The molecule has 0 saturated heterocycles. The molecule has 1 atom stereocenters. The van der Waals surface area contributed by atoms with E-state index in [2.05, 4.69) is 5.32 Å². The molecule has 0 aromatic heterocycles. The lowest BCUT2D eigenvalue weighted by molar-refractivity contribution is -0.140. The van der Waals surface area contributed by atoms with Crippen molar-refractivity contribution in [3.8, 4) is 6.07 Å². The van der Waals surface area contributed by atoms with Crippen molar-refractivity contribution in [2.45, 2.75) is 26.8 Å². The van der Waals surface area contributed by atoms with E-state index >= 15 is 0 Å². The van der Waals surface area contributed by atoms with Crippen molar-refractivity contribution in [1.29, 1.82) is 5.26 Å². The Bertz CT molecular complexity index is 353. The first-order valence-electron chi connectivity index (χ1n) is 5.35. The fraction of sp³-hybridized carbons (Fsp3) is 0.545. The van der Waals surface area contributed by atoms with Gasteiger partial charge in [0.1, 0.15) is 17.7 Å². The van der Waals surface area contributed by atoms with Gasteiger partial charge in [-0.2, -0.15) is 5.26 Å². The van der Waals surface area contributed by atoms with Crippen LogP contribution in [0, 0.1) is 11.3 Å². The second-order valence-electron chi connectivity index (χ2n) is 3.41. The predicted octanol–water partition coefficient (Wildman–Crippen LogP) is 0.325. The van der Waals surface area contributed by atoms with Gasteiger partial charge in [0.15, 0.2) is 0 Å². The van der Waals surface area contributed by atoms with E-state index in [0.29, 0.717) is 13.1 Å². The number of nitrogens with zero attached hydrogens (tertiary/aromatic N) is 2. The number of nitrogens with one attached hydrogen (secondary N) is 1. The Balaban J connectivity index is 4.73. The molecule has 1 amide bonds. The van der Waals surface area contributed by atoms with E-state index in [0.717, 1.165) is 0 Å². The highest BCUT2D eigenvalue weighted by Crippen LogP contribution is 1.98. The first kappa shape index (κ1) is 15.0. The van der Waals surface area contributed by atoms with Crippen LogP contribution in [0.1, 0.15) is 20.8 Å². The lowest BCUT2D eigenvalue weighted by atomic mass is 10.2. The Morgan fingerprint density at radius 3 is 2.35 bits per heavy atom. The molecule has 1 unspecified atom stereocenters. The summed E-state index contributed by atoms with van der Waals surface area (Å²) in [5.74, 6) is -1.81. The third-order valence-electron chi connectivity index (χ3n) is 2.21. The Kier molecular flexibility index (Phi) is 6.41. The Labute approximate surface area is 101 Å². The molecule has 0 aromatic rings. The summed E-state index contributed by atoms with van der Waals surface area (Å²) in [7, 11) is 0. The van der Waals surface area contributed by atoms with Crippen LogP contribution in [0.2, 0.25) is 0 Å². The van der Waals surface area contributed by atoms with Crippen LogP contribution in [0.4, 0.5) is 0 Å². The SMILES string of the molecule is CCN(/C=C(/C#N)C(=O)NC(C)C(=O)O)CC. The average molecular weight is 239 g/mol. The van der Waals surface area contributed by atoms with Gasteiger partial charge >= 0.3 is 5.97 Å². The highest BCUT2D eigenvalue weighted by atomic mass is 16.4. The molecule has 6 heteroatoms. The van der Waals surface area contributed by atoms with E-state index in [1.54, 1.807) is 11.0 Å². The van der Waals surface area contributed by atoms with Crippen molar-refractivity contribution in [2.24, 2.45) is 0 Å². The number of amides is 1. The molecule has 0 aliphatic rings. The van der Waals surface area contributed by atoms with E-state index in [4.69, 9.17) is 10.4 Å². The zero-order valence-corrected chi connectivity index (χ0v) is 10.2. The monoisotopic (exact) mass is 239 g/mol. The van der Waals surface area contributed by atoms with Gasteiger partial charge in [0.25, 0.3) is 5.91 Å². The van der Waals surface area contributed by atoms with E-state index in [-0.39, 0.29) is 5.57 Å². The largest absolute Gasteiger partial charge is 0.480 e. The molecule has 94 valence electrons. The summed E-state index contributed by atoms with van der Waals surface area (Å²) in [4.78, 5) is 23.9. The predicted molar refractivity (Wildman–Crippen MR) is 61.9 cm³/mol. The summed E-state index contributed by atoms with van der Waals surface area (Å²) in [5, 5.41) is 19.7. The zero-order valence-electron chi connectivity index (χ0n) is 10.2. The minimum absolute atomic E-state index is 0.0956. The lowest BCUT2D eigenvalue weighted by Crippen LogP contribution is -2.39. The molecule has 2 N–H and O–H groups in total. The molecule has 0 bridgehead atoms. The third kappa shape index (κ3) is 5.02. The molecule has 0 aromatic carbocycles. The molecule has 0 fully saturated rings. The number of carbonyl (C=O) groups excluding carboxylic acids is 1. The molecule has 0 aliphatic heterocycles. The van der Waals surface area contributed by atoms with E-state index < -0.39 is 17.9 Å². The van der Waals surface area contributed by atoms with Crippen LogP contribution in [0.15, 0.2) is 11.8 Å². The Morgan fingerprint density at radius 1 is 1.47 bits per heavy atom. The second-order valence-corrected chi connectivity index (χ2v) is 3.41. The van der Waals surface area contributed by atoms with Crippen molar-refractivity contribution in [3.05, 3.63) is 11.8 Å². The fourth-order valence-corrected chi connectivity index (χ4v) is 1.06.